The van der Waals surface area contributed by atoms with Crippen LogP contribution in [-0.4, -0.2) is 72.2 Å². The van der Waals surface area contributed by atoms with Crippen LogP contribution < -0.4 is 21.0 Å². The molecule has 2 aromatic heterocycles. The first-order chi connectivity index (χ1) is 15.7. The zero-order valence-electron chi connectivity index (χ0n) is 17.9. The van der Waals surface area contributed by atoms with E-state index in [0.29, 0.717) is 24.7 Å². The second kappa shape index (κ2) is 8.93. The van der Waals surface area contributed by atoms with E-state index in [4.69, 9.17) is 9.72 Å². The van der Waals surface area contributed by atoms with Gasteiger partial charge in [0.05, 0.1) is 31.0 Å². The fraction of sp³-hybridized carbons (Fsp3) is 0.364. The topological polar surface area (TPSA) is 108 Å². The van der Waals surface area contributed by atoms with E-state index >= 15 is 0 Å². The van der Waals surface area contributed by atoms with Gasteiger partial charge in [0.1, 0.15) is 5.52 Å². The van der Waals surface area contributed by atoms with Gasteiger partial charge in [0, 0.05) is 32.4 Å². The molecule has 2 saturated heterocycles. The lowest BCUT2D eigenvalue weighted by Gasteiger charge is -2.28. The third kappa shape index (κ3) is 4.41. The average molecular weight is 435 g/mol. The van der Waals surface area contributed by atoms with Crippen LogP contribution in [-0.2, 0) is 4.74 Å². The standard InChI is InChI=1S/C22H26N8O2/c1-15-3-2-4-16(9-15)11-24-27-22-26-20(29-5-7-32-8-6-29)19-10-17(14-30(19)28-22)21(31)25-18-12-23-13-18/h2-4,9-11,14,18,23H,5-8,12-13H2,1H3,(H,25,31)(H,27,28)/b24-11+. The Balaban J connectivity index is 1.43. The first-order valence-electron chi connectivity index (χ1n) is 10.8. The molecule has 0 radical (unpaired) electrons. The Hall–Kier alpha value is -3.50. The number of aromatic nitrogens is 3. The lowest BCUT2D eigenvalue weighted by molar-refractivity contribution is 0.0924. The van der Waals surface area contributed by atoms with E-state index < -0.39 is 0 Å². The third-order valence-electron chi connectivity index (χ3n) is 5.55. The molecule has 2 fully saturated rings. The number of morpholine rings is 1. The molecule has 10 nitrogen and oxygen atoms in total. The number of aryl methyl sites for hydroxylation is 1. The third-order valence-corrected chi connectivity index (χ3v) is 5.55. The van der Waals surface area contributed by atoms with Gasteiger partial charge in [0.15, 0.2) is 5.82 Å². The molecule has 4 heterocycles. The molecule has 2 aliphatic heterocycles. The highest BCUT2D eigenvalue weighted by atomic mass is 16.5. The highest BCUT2D eigenvalue weighted by Crippen LogP contribution is 2.24. The maximum atomic E-state index is 12.7. The summed E-state index contributed by atoms with van der Waals surface area (Å²) in [5.41, 5.74) is 6.41. The first-order valence-corrected chi connectivity index (χ1v) is 10.8. The maximum Gasteiger partial charge on any atom is 0.263 e. The Morgan fingerprint density at radius 1 is 1.28 bits per heavy atom. The molecule has 1 aromatic carbocycles. The van der Waals surface area contributed by atoms with E-state index in [1.54, 1.807) is 16.9 Å². The van der Waals surface area contributed by atoms with Crippen molar-refractivity contribution in [3.63, 3.8) is 0 Å². The van der Waals surface area contributed by atoms with Gasteiger partial charge >= 0.3 is 0 Å². The highest BCUT2D eigenvalue weighted by molar-refractivity contribution is 5.96. The molecule has 0 atom stereocenters. The zero-order chi connectivity index (χ0) is 21.9. The summed E-state index contributed by atoms with van der Waals surface area (Å²) in [6, 6.07) is 10.1. The number of fused-ring (bicyclic) bond motifs is 1. The molecule has 0 unspecified atom stereocenters. The normalized spacial score (nSPS) is 17.0. The fourth-order valence-corrected chi connectivity index (χ4v) is 3.74. The first kappa shape index (κ1) is 20.4. The van der Waals surface area contributed by atoms with Crippen molar-refractivity contribution in [2.75, 3.05) is 49.7 Å². The lowest BCUT2D eigenvalue weighted by Crippen LogP contribution is -2.56. The van der Waals surface area contributed by atoms with Crippen LogP contribution >= 0.6 is 0 Å². The number of carbonyl (C=O) groups is 1. The molecule has 0 spiro atoms. The van der Waals surface area contributed by atoms with E-state index in [9.17, 15) is 4.79 Å². The Bertz CT molecular complexity index is 1150. The quantitative estimate of drug-likeness (QED) is 0.393. The molecule has 0 bridgehead atoms. The summed E-state index contributed by atoms with van der Waals surface area (Å²) in [6.07, 6.45) is 3.47. The number of hydrogen-bond donors (Lipinski definition) is 3. The van der Waals surface area contributed by atoms with Gasteiger partial charge in [0.25, 0.3) is 11.9 Å². The molecule has 166 valence electrons. The number of amides is 1. The summed E-state index contributed by atoms with van der Waals surface area (Å²) < 4.78 is 7.18. The Morgan fingerprint density at radius 3 is 2.88 bits per heavy atom. The summed E-state index contributed by atoms with van der Waals surface area (Å²) in [6.45, 7) is 6.34. The summed E-state index contributed by atoms with van der Waals surface area (Å²) in [5.74, 6) is 0.997. The van der Waals surface area contributed by atoms with E-state index in [1.165, 1.54) is 0 Å². The number of hydrazone groups is 1. The van der Waals surface area contributed by atoms with Crippen LogP contribution in [0.15, 0.2) is 41.6 Å². The number of benzene rings is 1. The van der Waals surface area contributed by atoms with Gasteiger partial charge in [-0.3, -0.25) is 4.79 Å². The van der Waals surface area contributed by atoms with Crippen molar-refractivity contribution >= 4 is 29.4 Å². The van der Waals surface area contributed by atoms with Gasteiger partial charge in [-0.05, 0) is 18.6 Å². The Morgan fingerprint density at radius 2 is 2.12 bits per heavy atom. The van der Waals surface area contributed by atoms with E-state index in [2.05, 4.69) is 31.2 Å². The van der Waals surface area contributed by atoms with Crippen LogP contribution in [0, 0.1) is 6.92 Å². The van der Waals surface area contributed by atoms with Crippen LogP contribution in [0.4, 0.5) is 11.8 Å². The predicted molar refractivity (Wildman–Crippen MR) is 123 cm³/mol. The highest BCUT2D eigenvalue weighted by Gasteiger charge is 2.23. The number of carbonyl (C=O) groups excluding carboxylic acids is 1. The van der Waals surface area contributed by atoms with Crippen LogP contribution in [0.25, 0.3) is 5.52 Å². The zero-order valence-corrected chi connectivity index (χ0v) is 17.9. The SMILES string of the molecule is Cc1cccc(/C=N/Nc2nc(N3CCOCC3)c3cc(C(=O)NC4CNC4)cn3n2)c1. The molecule has 5 rings (SSSR count). The molecule has 0 aliphatic carbocycles. The second-order valence-corrected chi connectivity index (χ2v) is 8.03. The van der Waals surface area contributed by atoms with Gasteiger partial charge in [-0.2, -0.15) is 10.1 Å². The average Bonchev–Trinajstić information content (AvgIpc) is 3.21. The number of hydrogen-bond acceptors (Lipinski definition) is 8. The van der Waals surface area contributed by atoms with Gasteiger partial charge in [0.2, 0.25) is 0 Å². The Labute approximate surface area is 185 Å². The largest absolute Gasteiger partial charge is 0.378 e. The molecule has 3 N–H and O–H groups in total. The Kier molecular flexibility index (Phi) is 5.70. The molecular weight excluding hydrogens is 408 g/mol. The summed E-state index contributed by atoms with van der Waals surface area (Å²) in [4.78, 5) is 19.5. The molecule has 0 saturated carbocycles. The smallest absolute Gasteiger partial charge is 0.263 e. The van der Waals surface area contributed by atoms with Gasteiger partial charge < -0.3 is 20.3 Å². The van der Waals surface area contributed by atoms with Crippen molar-refractivity contribution in [2.24, 2.45) is 5.10 Å². The van der Waals surface area contributed by atoms with E-state index in [1.807, 2.05) is 37.3 Å². The van der Waals surface area contributed by atoms with Crippen molar-refractivity contribution < 1.29 is 9.53 Å². The van der Waals surface area contributed by atoms with Crippen molar-refractivity contribution in [3.05, 3.63) is 53.2 Å². The predicted octanol–water partition coefficient (Wildman–Crippen LogP) is 1.02. The monoisotopic (exact) mass is 434 g/mol. The number of rotatable bonds is 6. The minimum Gasteiger partial charge on any atom is -0.378 e. The van der Waals surface area contributed by atoms with Crippen molar-refractivity contribution in [1.29, 1.82) is 0 Å². The number of nitrogens with one attached hydrogen (secondary N) is 3. The van der Waals surface area contributed by atoms with Crippen LogP contribution in [0.5, 0.6) is 0 Å². The molecule has 3 aromatic rings. The van der Waals surface area contributed by atoms with E-state index in [0.717, 1.165) is 48.6 Å². The van der Waals surface area contributed by atoms with Crippen molar-refractivity contribution in [3.8, 4) is 0 Å². The number of anilines is 2. The van der Waals surface area contributed by atoms with Crippen LogP contribution in [0.1, 0.15) is 21.5 Å². The van der Waals surface area contributed by atoms with E-state index in [-0.39, 0.29) is 11.9 Å². The number of nitrogens with zero attached hydrogens (tertiary/aromatic N) is 5. The summed E-state index contributed by atoms with van der Waals surface area (Å²) >= 11 is 0. The molecular formula is C22H26N8O2. The molecule has 10 heteroatoms. The van der Waals surface area contributed by atoms with Gasteiger partial charge in [-0.25, -0.2) is 9.94 Å². The minimum atomic E-state index is -0.109. The number of ether oxygens (including phenoxy) is 1. The summed E-state index contributed by atoms with van der Waals surface area (Å²) in [7, 11) is 0. The molecule has 32 heavy (non-hydrogen) atoms. The molecule has 1 amide bonds. The van der Waals surface area contributed by atoms with Crippen molar-refractivity contribution in [2.45, 2.75) is 13.0 Å². The minimum absolute atomic E-state index is 0.109. The van der Waals surface area contributed by atoms with Crippen LogP contribution in [0.2, 0.25) is 0 Å². The maximum absolute atomic E-state index is 12.7. The lowest BCUT2D eigenvalue weighted by atomic mass is 10.1. The van der Waals surface area contributed by atoms with Crippen LogP contribution in [0.3, 0.4) is 0 Å². The van der Waals surface area contributed by atoms with Gasteiger partial charge in [-0.15, -0.1) is 5.10 Å². The summed E-state index contributed by atoms with van der Waals surface area (Å²) in [5, 5.41) is 15.0. The fourth-order valence-electron chi connectivity index (χ4n) is 3.74. The second-order valence-electron chi connectivity index (χ2n) is 8.03. The molecule has 2 aliphatic rings. The van der Waals surface area contributed by atoms with Crippen molar-refractivity contribution in [1.82, 2.24) is 25.2 Å². The van der Waals surface area contributed by atoms with Gasteiger partial charge in [-0.1, -0.05) is 29.8 Å².